The molecule has 34 heavy (non-hydrogen) atoms. The topological polar surface area (TPSA) is 83.5 Å². The second-order valence-electron chi connectivity index (χ2n) is 8.06. The summed E-state index contributed by atoms with van der Waals surface area (Å²) < 4.78 is 8.96. The predicted octanol–water partition coefficient (Wildman–Crippen LogP) is 4.30. The van der Waals surface area contributed by atoms with Crippen LogP contribution in [0.2, 0.25) is 0 Å². The third kappa shape index (κ3) is 4.91. The van der Waals surface area contributed by atoms with Gasteiger partial charge in [0.25, 0.3) is 0 Å². The van der Waals surface area contributed by atoms with Crippen LogP contribution in [0.1, 0.15) is 35.3 Å². The van der Waals surface area contributed by atoms with Crippen molar-refractivity contribution in [1.29, 1.82) is 0 Å². The van der Waals surface area contributed by atoms with Gasteiger partial charge in [-0.05, 0) is 60.0 Å². The minimum atomic E-state index is -0.623. The molecule has 8 nitrogen and oxygen atoms in total. The molecule has 1 unspecified atom stereocenters. The molecule has 0 aliphatic carbocycles. The fourth-order valence-corrected chi connectivity index (χ4v) is 3.66. The van der Waals surface area contributed by atoms with Crippen molar-refractivity contribution in [3.05, 3.63) is 106 Å². The van der Waals surface area contributed by atoms with Gasteiger partial charge in [-0.1, -0.05) is 65.8 Å². The first-order valence-corrected chi connectivity index (χ1v) is 11.0. The molecule has 1 heterocycles. The Kier molecular flexibility index (Phi) is 6.87. The van der Waals surface area contributed by atoms with Crippen LogP contribution in [0.3, 0.4) is 0 Å². The highest BCUT2D eigenvalue weighted by atomic mass is 16.6. The molecule has 8 heteroatoms. The molecule has 0 saturated carbocycles. The molecule has 1 aromatic heterocycles. The summed E-state index contributed by atoms with van der Waals surface area (Å²) in [6.45, 7) is 6.13. The first-order chi connectivity index (χ1) is 16.5. The first-order valence-electron chi connectivity index (χ1n) is 11.0. The maximum Gasteiger partial charge on any atom is 0.368 e. The Morgan fingerprint density at radius 1 is 0.941 bits per heavy atom. The molecule has 4 rings (SSSR count). The quantitative estimate of drug-likeness (QED) is 0.291. The normalized spacial score (nSPS) is 12.4. The minimum Gasteiger partial charge on any atom is -0.479 e. The number of rotatable bonds is 8. The number of aromatic nitrogens is 4. The van der Waals surface area contributed by atoms with Crippen LogP contribution >= 0.6 is 0 Å². The van der Waals surface area contributed by atoms with Gasteiger partial charge >= 0.3 is 5.69 Å². The first kappa shape index (κ1) is 23.0. The van der Waals surface area contributed by atoms with Crippen LogP contribution in [0.4, 0.5) is 0 Å². The number of nitrogens with zero attached hydrogens (tertiary/aromatic N) is 5. The summed E-state index contributed by atoms with van der Waals surface area (Å²) >= 11 is 0. The molecule has 0 N–H and O–H groups in total. The molecule has 0 amide bonds. The van der Waals surface area contributed by atoms with E-state index in [-0.39, 0.29) is 5.69 Å². The van der Waals surface area contributed by atoms with Crippen LogP contribution in [-0.2, 0) is 18.5 Å². The summed E-state index contributed by atoms with van der Waals surface area (Å²) in [7, 11) is 1.56. The third-order valence-corrected chi connectivity index (χ3v) is 5.51. The summed E-state index contributed by atoms with van der Waals surface area (Å²) in [5.74, 6) is 0.714. The largest absolute Gasteiger partial charge is 0.479 e. The lowest BCUT2D eigenvalue weighted by Gasteiger charge is -2.24. The van der Waals surface area contributed by atoms with E-state index in [1.54, 1.807) is 7.05 Å². The van der Waals surface area contributed by atoms with E-state index in [9.17, 15) is 4.79 Å². The van der Waals surface area contributed by atoms with Gasteiger partial charge in [-0.25, -0.2) is 4.79 Å². The molecule has 174 valence electrons. The van der Waals surface area contributed by atoms with Crippen molar-refractivity contribution in [3.63, 3.8) is 0 Å². The monoisotopic (exact) mass is 457 g/mol. The van der Waals surface area contributed by atoms with E-state index in [1.807, 2.05) is 93.6 Å². The summed E-state index contributed by atoms with van der Waals surface area (Å²) in [5.41, 5.74) is 4.51. The Morgan fingerprint density at radius 3 is 2.35 bits per heavy atom. The molecule has 0 fully saturated rings. The maximum absolute atomic E-state index is 12.7. The number of ether oxygens (including phenoxy) is 1. The van der Waals surface area contributed by atoms with E-state index >= 15 is 0 Å². The molecule has 0 aliphatic heterocycles. The van der Waals surface area contributed by atoms with Crippen molar-refractivity contribution in [3.8, 4) is 11.4 Å². The van der Waals surface area contributed by atoms with Gasteiger partial charge in [-0.15, -0.1) is 0 Å². The van der Waals surface area contributed by atoms with Crippen LogP contribution in [0, 0.1) is 13.8 Å². The summed E-state index contributed by atoms with van der Waals surface area (Å²) in [6, 6.07) is 23.3. The Hall–Kier alpha value is -4.20. The maximum atomic E-state index is 12.7. The molecule has 0 aliphatic rings. The molecule has 0 radical (unpaired) electrons. The van der Waals surface area contributed by atoms with E-state index < -0.39 is 6.10 Å². The van der Waals surface area contributed by atoms with Gasteiger partial charge in [0.15, 0.2) is 6.10 Å². The van der Waals surface area contributed by atoms with Crippen molar-refractivity contribution in [2.75, 3.05) is 0 Å². The van der Waals surface area contributed by atoms with E-state index in [0.717, 1.165) is 22.3 Å². The molecule has 0 saturated heterocycles. The molecule has 0 spiro atoms. The molecule has 3 aromatic carbocycles. The SMILES string of the molecule is CC(=NOCc1ccccc1)C(Oc1ccccc1C)c1c(C)cccc1-n1nnn(C)c1=O. The second-order valence-corrected chi connectivity index (χ2v) is 8.06. The van der Waals surface area contributed by atoms with Crippen LogP contribution in [0.15, 0.2) is 82.7 Å². The lowest BCUT2D eigenvalue weighted by molar-refractivity contribution is 0.125. The standard InChI is InChI=1S/C26H27N5O3/c1-18-11-8-9-16-23(18)34-25(20(3)27-33-17-21-13-6-5-7-14-21)24-19(2)12-10-15-22(24)31-26(32)30(4)28-29-31/h5-16,25H,17H2,1-4H3. The van der Waals surface area contributed by atoms with Gasteiger partial charge in [0, 0.05) is 12.6 Å². The van der Waals surface area contributed by atoms with E-state index in [2.05, 4.69) is 15.6 Å². The number of hydrogen-bond donors (Lipinski definition) is 0. The number of para-hydroxylation sites is 1. The van der Waals surface area contributed by atoms with Crippen LogP contribution in [-0.4, -0.2) is 25.5 Å². The van der Waals surface area contributed by atoms with E-state index in [1.165, 1.54) is 9.36 Å². The number of tetrazole rings is 1. The zero-order valence-corrected chi connectivity index (χ0v) is 19.7. The number of oxime groups is 1. The van der Waals surface area contributed by atoms with E-state index in [4.69, 9.17) is 9.57 Å². The van der Waals surface area contributed by atoms with Crippen molar-refractivity contribution in [2.45, 2.75) is 33.5 Å². The van der Waals surface area contributed by atoms with Gasteiger partial charge in [0.05, 0.1) is 11.4 Å². The fourth-order valence-electron chi connectivity index (χ4n) is 3.66. The van der Waals surface area contributed by atoms with Crippen molar-refractivity contribution >= 4 is 5.71 Å². The molecule has 0 bridgehead atoms. The Balaban J connectivity index is 1.77. The van der Waals surface area contributed by atoms with Gasteiger partial charge in [-0.3, -0.25) is 0 Å². The van der Waals surface area contributed by atoms with Gasteiger partial charge in [-0.2, -0.15) is 9.36 Å². The second kappa shape index (κ2) is 10.2. The zero-order valence-electron chi connectivity index (χ0n) is 19.7. The summed E-state index contributed by atoms with van der Waals surface area (Å²) in [6.07, 6.45) is -0.623. The molecular weight excluding hydrogens is 430 g/mol. The molecule has 1 atom stereocenters. The van der Waals surface area contributed by atoms with Crippen LogP contribution < -0.4 is 10.4 Å². The minimum absolute atomic E-state index is 0.333. The molecule has 4 aromatic rings. The van der Waals surface area contributed by atoms with Crippen molar-refractivity contribution in [1.82, 2.24) is 19.8 Å². The number of aryl methyl sites for hydroxylation is 3. The van der Waals surface area contributed by atoms with Crippen LogP contribution in [0.25, 0.3) is 5.69 Å². The highest BCUT2D eigenvalue weighted by molar-refractivity contribution is 5.88. The van der Waals surface area contributed by atoms with Gasteiger partial charge in [0.2, 0.25) is 0 Å². The predicted molar refractivity (Wildman–Crippen MR) is 130 cm³/mol. The number of benzene rings is 3. The lowest BCUT2D eigenvalue weighted by Crippen LogP contribution is -2.26. The third-order valence-electron chi connectivity index (χ3n) is 5.51. The smallest absolute Gasteiger partial charge is 0.368 e. The van der Waals surface area contributed by atoms with E-state index in [0.29, 0.717) is 23.8 Å². The number of hydrogen-bond acceptors (Lipinski definition) is 6. The van der Waals surface area contributed by atoms with Crippen molar-refractivity contribution in [2.24, 2.45) is 12.2 Å². The Labute approximate surface area is 198 Å². The fraction of sp³-hybridized carbons (Fsp3) is 0.231. The zero-order chi connectivity index (χ0) is 24.1. The van der Waals surface area contributed by atoms with Crippen molar-refractivity contribution < 1.29 is 9.57 Å². The summed E-state index contributed by atoms with van der Waals surface area (Å²) in [4.78, 5) is 18.3. The average Bonchev–Trinajstić information content (AvgIpc) is 3.17. The Bertz CT molecular complexity index is 1360. The highest BCUT2D eigenvalue weighted by Gasteiger charge is 2.26. The van der Waals surface area contributed by atoms with Gasteiger partial charge < -0.3 is 9.57 Å². The summed E-state index contributed by atoms with van der Waals surface area (Å²) in [5, 5.41) is 12.3. The van der Waals surface area contributed by atoms with Crippen LogP contribution in [0.5, 0.6) is 5.75 Å². The highest BCUT2D eigenvalue weighted by Crippen LogP contribution is 2.31. The average molecular weight is 458 g/mol. The molecular formula is C26H27N5O3. The Morgan fingerprint density at radius 2 is 1.65 bits per heavy atom. The lowest BCUT2D eigenvalue weighted by atomic mass is 9.98. The van der Waals surface area contributed by atoms with Gasteiger partial charge in [0.1, 0.15) is 12.4 Å².